The van der Waals surface area contributed by atoms with Gasteiger partial charge in [-0.15, -0.1) is 0 Å². The van der Waals surface area contributed by atoms with E-state index >= 15 is 4.57 Å². The molecule has 0 radical (unpaired) electrons. The van der Waals surface area contributed by atoms with Crippen LogP contribution >= 0.6 is 7.82 Å². The number of carbonyl (C=O) groups excluding carboxylic acids is 6. The molecule has 0 aliphatic heterocycles. The molecule has 0 saturated carbocycles. The van der Waals surface area contributed by atoms with Crippen LogP contribution < -0.4 is 13.6 Å². The van der Waals surface area contributed by atoms with Crippen molar-refractivity contribution in [2.75, 3.05) is 0 Å². The van der Waals surface area contributed by atoms with Gasteiger partial charge in [-0.2, -0.15) is 4.57 Å². The fourth-order valence-corrected chi connectivity index (χ4v) is 6.89. The standard InChI is InChI=1S/C54H75O16P/c1-49(2,3)43(55)62-28-34-22-19-25-40(37(34)31-65-46(58)52(10,11)12)68-71(61,69-41-26-20-23-35(29-63-44(56)50(4,5)6)38(41)32-66-47(59)53(13,14)15)70-42-27-21-24-36(30-64-45(57)51(7,8)9)39(42)33-67-48(60)54(16,17)18/h19-27H,28-33H2,1-18H3. The third-order valence-corrected chi connectivity index (χ3v) is 11.4. The molecule has 0 spiro atoms. The van der Waals surface area contributed by atoms with Crippen LogP contribution in [0.4, 0.5) is 0 Å². The number of ether oxygens (including phenoxy) is 6. The van der Waals surface area contributed by atoms with E-state index in [1.54, 1.807) is 143 Å². The molecule has 0 aromatic heterocycles. The Hall–Kier alpha value is -5.89. The van der Waals surface area contributed by atoms with Gasteiger partial charge in [0.2, 0.25) is 0 Å². The summed E-state index contributed by atoms with van der Waals surface area (Å²) in [5.41, 5.74) is -4.04. The third kappa shape index (κ3) is 18.0. The van der Waals surface area contributed by atoms with Crippen molar-refractivity contribution in [1.82, 2.24) is 0 Å². The Kier molecular flexibility index (Phi) is 19.3. The summed E-state index contributed by atoms with van der Waals surface area (Å²) in [6.45, 7) is 28.0. The topological polar surface area (TPSA) is 203 Å². The van der Waals surface area contributed by atoms with Crippen molar-refractivity contribution in [2.45, 2.75) is 164 Å². The lowest BCUT2D eigenvalue weighted by Crippen LogP contribution is -2.24. The summed E-state index contributed by atoms with van der Waals surface area (Å²) in [6, 6.07) is 13.7. The molecular weight excluding hydrogens is 936 g/mol. The highest BCUT2D eigenvalue weighted by atomic mass is 31.2. The summed E-state index contributed by atoms with van der Waals surface area (Å²) in [5.74, 6) is -3.87. The van der Waals surface area contributed by atoms with E-state index in [4.69, 9.17) is 42.0 Å². The van der Waals surface area contributed by atoms with Crippen molar-refractivity contribution in [1.29, 1.82) is 0 Å². The van der Waals surface area contributed by atoms with E-state index < -0.39 is 95.9 Å². The molecule has 0 amide bonds. The average Bonchev–Trinajstić information content (AvgIpc) is 3.22. The van der Waals surface area contributed by atoms with Crippen LogP contribution in [0.25, 0.3) is 0 Å². The molecule has 3 aromatic rings. The summed E-state index contributed by atoms with van der Waals surface area (Å²) in [5, 5.41) is 0. The number of hydrogen-bond acceptors (Lipinski definition) is 16. The lowest BCUT2D eigenvalue weighted by molar-refractivity contribution is -0.155. The molecule has 0 bridgehead atoms. The van der Waals surface area contributed by atoms with E-state index in [9.17, 15) is 28.8 Å². The van der Waals surface area contributed by atoms with Crippen molar-refractivity contribution in [3.63, 3.8) is 0 Å². The van der Waals surface area contributed by atoms with Crippen LogP contribution in [0.3, 0.4) is 0 Å². The Morgan fingerprint density at radius 3 is 0.690 bits per heavy atom. The Bertz CT molecular complexity index is 2190. The van der Waals surface area contributed by atoms with E-state index in [2.05, 4.69) is 0 Å². The molecule has 3 rings (SSSR count). The number of esters is 6. The Morgan fingerprint density at radius 2 is 0.507 bits per heavy atom. The third-order valence-electron chi connectivity index (χ3n) is 10.1. The molecule has 16 nitrogen and oxygen atoms in total. The van der Waals surface area contributed by atoms with Crippen LogP contribution in [-0.4, -0.2) is 35.8 Å². The molecule has 0 atom stereocenters. The fourth-order valence-electron chi connectivity index (χ4n) is 5.55. The van der Waals surface area contributed by atoms with Gasteiger partial charge in [0, 0.05) is 16.7 Å². The summed E-state index contributed by atoms with van der Waals surface area (Å²) in [4.78, 5) is 78.7. The van der Waals surface area contributed by atoms with E-state index in [1.807, 2.05) is 0 Å². The van der Waals surface area contributed by atoms with Crippen LogP contribution in [0, 0.1) is 32.5 Å². The van der Waals surface area contributed by atoms with E-state index in [0.29, 0.717) is 16.7 Å². The minimum absolute atomic E-state index is 0.142. The number of phosphoric acid groups is 1. The Morgan fingerprint density at radius 1 is 0.324 bits per heavy atom. The largest absolute Gasteiger partial charge is 0.647 e. The van der Waals surface area contributed by atoms with Gasteiger partial charge in [0.25, 0.3) is 0 Å². The van der Waals surface area contributed by atoms with Gasteiger partial charge in [-0.05, 0) is 160 Å². The first kappa shape index (κ1) is 59.4. The average molecular weight is 1010 g/mol. The Balaban J connectivity index is 2.41. The molecule has 3 aromatic carbocycles. The maximum Gasteiger partial charge on any atom is 0.647 e. The van der Waals surface area contributed by atoms with Gasteiger partial charge in [0.05, 0.1) is 32.5 Å². The summed E-state index contributed by atoms with van der Waals surface area (Å²) in [7, 11) is -5.20. The van der Waals surface area contributed by atoms with E-state index in [0.717, 1.165) is 0 Å². The van der Waals surface area contributed by atoms with Crippen molar-refractivity contribution < 1.29 is 75.3 Å². The number of benzene rings is 3. The number of rotatable bonds is 18. The van der Waals surface area contributed by atoms with Gasteiger partial charge in [-0.25, -0.2) is 0 Å². The number of carbonyl (C=O) groups is 6. The predicted octanol–water partition coefficient (Wildman–Crippen LogP) is 11.9. The second-order valence-corrected chi connectivity index (χ2v) is 24.8. The summed E-state index contributed by atoms with van der Waals surface area (Å²) in [6.07, 6.45) is 0. The maximum atomic E-state index is 16.0. The van der Waals surface area contributed by atoms with Crippen LogP contribution in [0.5, 0.6) is 17.2 Å². The molecule has 0 N–H and O–H groups in total. The molecule has 0 heterocycles. The quantitative estimate of drug-likeness (QED) is 0.0660. The van der Waals surface area contributed by atoms with Crippen LogP contribution in [0.2, 0.25) is 0 Å². The smallest absolute Gasteiger partial charge is 0.460 e. The first-order chi connectivity index (χ1) is 32.3. The van der Waals surface area contributed by atoms with Gasteiger partial charge >= 0.3 is 43.6 Å². The lowest BCUT2D eigenvalue weighted by Gasteiger charge is -2.26. The molecule has 392 valence electrons. The molecule has 71 heavy (non-hydrogen) atoms. The van der Waals surface area contributed by atoms with Crippen molar-refractivity contribution in [3.05, 3.63) is 88.0 Å². The van der Waals surface area contributed by atoms with E-state index in [1.165, 1.54) is 36.4 Å². The normalized spacial score (nSPS) is 12.5. The van der Waals surface area contributed by atoms with Crippen molar-refractivity contribution in [3.8, 4) is 17.2 Å². The van der Waals surface area contributed by atoms with Crippen LogP contribution in [0.15, 0.2) is 54.6 Å². The molecule has 0 fully saturated rings. The molecular formula is C54H75O16P. The highest BCUT2D eigenvalue weighted by molar-refractivity contribution is 7.49. The highest BCUT2D eigenvalue weighted by Gasteiger charge is 2.39. The fraction of sp³-hybridized carbons (Fsp3) is 0.556. The number of hydrogen-bond donors (Lipinski definition) is 0. The second kappa shape index (κ2) is 23.1. The first-order valence-corrected chi connectivity index (χ1v) is 24.8. The lowest BCUT2D eigenvalue weighted by atomic mass is 9.97. The monoisotopic (exact) mass is 1010 g/mol. The molecule has 0 unspecified atom stereocenters. The van der Waals surface area contributed by atoms with Gasteiger partial charge in [-0.1, -0.05) is 36.4 Å². The molecule has 0 aliphatic rings. The van der Waals surface area contributed by atoms with Gasteiger partial charge in [-0.3, -0.25) is 28.8 Å². The summed E-state index contributed by atoms with van der Waals surface area (Å²) >= 11 is 0. The van der Waals surface area contributed by atoms with Crippen LogP contribution in [0.1, 0.15) is 158 Å². The van der Waals surface area contributed by atoms with Crippen LogP contribution in [-0.2, 0) is 101 Å². The highest BCUT2D eigenvalue weighted by Crippen LogP contribution is 2.53. The summed E-state index contributed by atoms with van der Waals surface area (Å²) < 4.78 is 69.5. The molecule has 17 heteroatoms. The van der Waals surface area contributed by atoms with Gasteiger partial charge in [0.15, 0.2) is 0 Å². The maximum absolute atomic E-state index is 16.0. The predicted molar refractivity (Wildman–Crippen MR) is 264 cm³/mol. The molecule has 0 aliphatic carbocycles. The zero-order valence-electron chi connectivity index (χ0n) is 44.9. The minimum atomic E-state index is -5.20. The minimum Gasteiger partial charge on any atom is -0.460 e. The Labute approximate surface area is 419 Å². The first-order valence-electron chi connectivity index (χ1n) is 23.4. The van der Waals surface area contributed by atoms with E-state index in [-0.39, 0.29) is 53.8 Å². The van der Waals surface area contributed by atoms with Gasteiger partial charge < -0.3 is 42.0 Å². The SMILES string of the molecule is CC(C)(C)C(=O)OCc1cccc(OP(=O)(Oc2cccc(COC(=O)C(C)(C)C)c2COC(=O)C(C)(C)C)Oc2cccc(COC(=O)C(C)(C)C)c2COC(=O)C(C)(C)C)c1COC(=O)C(C)(C)C. The zero-order valence-corrected chi connectivity index (χ0v) is 45.8. The number of phosphoric ester groups is 1. The molecule has 0 saturated heterocycles. The van der Waals surface area contributed by atoms with Crippen molar-refractivity contribution in [2.24, 2.45) is 32.5 Å². The van der Waals surface area contributed by atoms with Gasteiger partial charge in [0.1, 0.15) is 56.9 Å². The second-order valence-electron chi connectivity index (χ2n) is 23.4. The van der Waals surface area contributed by atoms with Crippen molar-refractivity contribution >= 4 is 43.6 Å². The zero-order chi connectivity index (χ0) is 54.1.